The predicted octanol–water partition coefficient (Wildman–Crippen LogP) is 2.35. The van der Waals surface area contributed by atoms with Gasteiger partial charge in [-0.1, -0.05) is 28.1 Å². The monoisotopic (exact) mass is 343 g/mol. The molecule has 0 fully saturated rings. The van der Waals surface area contributed by atoms with E-state index in [1.54, 1.807) is 7.11 Å². The third kappa shape index (κ3) is 6.61. The van der Waals surface area contributed by atoms with Crippen LogP contribution in [0.4, 0.5) is 0 Å². The number of rotatable bonds is 10. The average Bonchev–Trinajstić information content (AvgIpc) is 2.45. The van der Waals surface area contributed by atoms with Crippen LogP contribution in [0, 0.1) is 0 Å². The van der Waals surface area contributed by atoms with Crippen LogP contribution in [0.1, 0.15) is 23.2 Å². The van der Waals surface area contributed by atoms with E-state index in [2.05, 4.69) is 20.8 Å². The Bertz CT molecular complexity index is 395. The number of aliphatic hydroxyl groups excluding tert-OH is 1. The maximum atomic E-state index is 12.0. The second kappa shape index (κ2) is 10.0. The molecule has 0 aromatic heterocycles. The molecule has 112 valence electrons. The van der Waals surface area contributed by atoms with Gasteiger partial charge in [-0.2, -0.15) is 0 Å². The lowest BCUT2D eigenvalue weighted by Crippen LogP contribution is -2.31. The fourth-order valence-corrected chi connectivity index (χ4v) is 2.20. The number of aliphatic hydroxyl groups is 1. The molecule has 0 amide bonds. The van der Waals surface area contributed by atoms with Crippen molar-refractivity contribution < 1.29 is 14.6 Å². The van der Waals surface area contributed by atoms with Gasteiger partial charge in [0.2, 0.25) is 0 Å². The van der Waals surface area contributed by atoms with Crippen LogP contribution in [0.2, 0.25) is 0 Å². The number of hydrogen-bond donors (Lipinski definition) is 1. The van der Waals surface area contributed by atoms with E-state index in [1.165, 1.54) is 0 Å². The molecule has 5 heteroatoms. The molecule has 1 N–H and O–H groups in total. The molecule has 0 bridgehead atoms. The third-order valence-electron chi connectivity index (χ3n) is 3.07. The zero-order valence-electron chi connectivity index (χ0n) is 11.8. The first-order valence-electron chi connectivity index (χ1n) is 6.78. The SMILES string of the molecule is COCCN(CCO)CCCC(=O)c1ccc(Br)cc1. The Hall–Kier alpha value is -0.750. The number of carbonyl (C=O) groups is 1. The van der Waals surface area contributed by atoms with Gasteiger partial charge in [-0.25, -0.2) is 0 Å². The van der Waals surface area contributed by atoms with Gasteiger partial charge in [0, 0.05) is 36.7 Å². The summed E-state index contributed by atoms with van der Waals surface area (Å²) < 4.78 is 6.01. The number of ketones is 1. The Labute approximate surface area is 128 Å². The van der Waals surface area contributed by atoms with E-state index in [1.807, 2.05) is 24.3 Å². The van der Waals surface area contributed by atoms with Gasteiger partial charge in [0.15, 0.2) is 5.78 Å². The second-order valence-electron chi connectivity index (χ2n) is 4.59. The molecule has 1 aromatic carbocycles. The molecule has 0 aliphatic heterocycles. The Balaban J connectivity index is 2.34. The highest BCUT2D eigenvalue weighted by atomic mass is 79.9. The van der Waals surface area contributed by atoms with Crippen LogP contribution in [0.3, 0.4) is 0 Å². The van der Waals surface area contributed by atoms with Crippen molar-refractivity contribution in [2.24, 2.45) is 0 Å². The first-order chi connectivity index (χ1) is 9.67. The number of ether oxygens (including phenoxy) is 1. The molecule has 20 heavy (non-hydrogen) atoms. The molecular formula is C15H22BrNO3. The van der Waals surface area contributed by atoms with E-state index >= 15 is 0 Å². The fourth-order valence-electron chi connectivity index (χ4n) is 1.94. The van der Waals surface area contributed by atoms with Crippen molar-refractivity contribution >= 4 is 21.7 Å². The maximum absolute atomic E-state index is 12.0. The second-order valence-corrected chi connectivity index (χ2v) is 5.51. The van der Waals surface area contributed by atoms with Gasteiger partial charge >= 0.3 is 0 Å². The number of methoxy groups -OCH3 is 1. The minimum atomic E-state index is 0.129. The summed E-state index contributed by atoms with van der Waals surface area (Å²) in [6.07, 6.45) is 1.31. The molecule has 1 rings (SSSR count). The molecule has 0 aliphatic rings. The average molecular weight is 344 g/mol. The van der Waals surface area contributed by atoms with Gasteiger partial charge in [0.25, 0.3) is 0 Å². The zero-order valence-corrected chi connectivity index (χ0v) is 13.4. The van der Waals surface area contributed by atoms with Crippen molar-refractivity contribution in [3.05, 3.63) is 34.3 Å². The molecule has 4 nitrogen and oxygen atoms in total. The van der Waals surface area contributed by atoms with E-state index < -0.39 is 0 Å². The van der Waals surface area contributed by atoms with Crippen LogP contribution in [-0.4, -0.2) is 55.7 Å². The topological polar surface area (TPSA) is 49.8 Å². The molecule has 0 saturated heterocycles. The van der Waals surface area contributed by atoms with Crippen molar-refractivity contribution in [1.29, 1.82) is 0 Å². The number of hydrogen-bond acceptors (Lipinski definition) is 4. The molecular weight excluding hydrogens is 322 g/mol. The van der Waals surface area contributed by atoms with Crippen LogP contribution in [0.15, 0.2) is 28.7 Å². The molecule has 0 saturated carbocycles. The highest BCUT2D eigenvalue weighted by Gasteiger charge is 2.08. The summed E-state index contributed by atoms with van der Waals surface area (Å²) in [7, 11) is 1.66. The lowest BCUT2D eigenvalue weighted by molar-refractivity contribution is 0.0965. The molecule has 0 unspecified atom stereocenters. The fraction of sp³-hybridized carbons (Fsp3) is 0.533. The largest absolute Gasteiger partial charge is 0.395 e. The summed E-state index contributed by atoms with van der Waals surface area (Å²) in [6.45, 7) is 2.97. The van der Waals surface area contributed by atoms with Crippen LogP contribution >= 0.6 is 15.9 Å². The first kappa shape index (κ1) is 17.3. The first-order valence-corrected chi connectivity index (χ1v) is 7.57. The molecule has 0 spiro atoms. The molecule has 0 heterocycles. The van der Waals surface area contributed by atoms with Crippen molar-refractivity contribution in [1.82, 2.24) is 4.90 Å². The Kier molecular flexibility index (Phi) is 8.69. The number of carbonyl (C=O) groups excluding carboxylic acids is 1. The summed E-state index contributed by atoms with van der Waals surface area (Å²) in [5.41, 5.74) is 0.749. The van der Waals surface area contributed by atoms with E-state index in [9.17, 15) is 4.79 Å². The van der Waals surface area contributed by atoms with Gasteiger partial charge in [-0.15, -0.1) is 0 Å². The van der Waals surface area contributed by atoms with Crippen LogP contribution < -0.4 is 0 Å². The quantitative estimate of drug-likeness (QED) is 0.662. The zero-order chi connectivity index (χ0) is 14.8. The highest BCUT2D eigenvalue weighted by molar-refractivity contribution is 9.10. The van der Waals surface area contributed by atoms with Crippen LogP contribution in [-0.2, 0) is 4.74 Å². The molecule has 0 atom stereocenters. The van der Waals surface area contributed by atoms with Crippen molar-refractivity contribution in [3.8, 4) is 0 Å². The summed E-state index contributed by atoms with van der Waals surface area (Å²) in [6, 6.07) is 7.43. The van der Waals surface area contributed by atoms with Crippen molar-refractivity contribution in [2.45, 2.75) is 12.8 Å². The summed E-state index contributed by atoms with van der Waals surface area (Å²) in [5.74, 6) is 0.160. The smallest absolute Gasteiger partial charge is 0.162 e. The minimum Gasteiger partial charge on any atom is -0.395 e. The standard InChI is InChI=1S/C15H22BrNO3/c1-20-12-10-17(9-11-18)8-2-3-15(19)13-4-6-14(16)7-5-13/h4-7,18H,2-3,8-12H2,1H3. The van der Waals surface area contributed by atoms with Gasteiger partial charge < -0.3 is 9.84 Å². The third-order valence-corrected chi connectivity index (χ3v) is 3.60. The minimum absolute atomic E-state index is 0.129. The Morgan fingerprint density at radius 1 is 1.25 bits per heavy atom. The lowest BCUT2D eigenvalue weighted by Gasteiger charge is -2.20. The predicted molar refractivity (Wildman–Crippen MR) is 83.1 cm³/mol. The van der Waals surface area contributed by atoms with Crippen molar-refractivity contribution in [2.75, 3.05) is 40.0 Å². The number of nitrogens with zero attached hydrogens (tertiary/aromatic N) is 1. The highest BCUT2D eigenvalue weighted by Crippen LogP contribution is 2.12. The summed E-state index contributed by atoms with van der Waals surface area (Å²) >= 11 is 3.35. The molecule has 0 radical (unpaired) electrons. The van der Waals surface area contributed by atoms with E-state index in [0.29, 0.717) is 19.6 Å². The summed E-state index contributed by atoms with van der Waals surface area (Å²) in [4.78, 5) is 14.1. The van der Waals surface area contributed by atoms with Gasteiger partial charge in [0.05, 0.1) is 13.2 Å². The number of halogens is 1. The van der Waals surface area contributed by atoms with Crippen LogP contribution in [0.25, 0.3) is 0 Å². The molecule has 0 aliphatic carbocycles. The normalized spacial score (nSPS) is 11.0. The number of Topliss-reactive ketones (excluding diaryl/α,β-unsaturated/α-hetero) is 1. The van der Waals surface area contributed by atoms with Crippen LogP contribution in [0.5, 0.6) is 0 Å². The van der Waals surface area contributed by atoms with Gasteiger partial charge in [-0.3, -0.25) is 9.69 Å². The lowest BCUT2D eigenvalue weighted by atomic mass is 10.1. The van der Waals surface area contributed by atoms with E-state index in [4.69, 9.17) is 9.84 Å². The van der Waals surface area contributed by atoms with Crippen molar-refractivity contribution in [3.63, 3.8) is 0 Å². The summed E-state index contributed by atoms with van der Waals surface area (Å²) in [5, 5.41) is 8.99. The van der Waals surface area contributed by atoms with Gasteiger partial charge in [-0.05, 0) is 25.1 Å². The van der Waals surface area contributed by atoms with E-state index in [0.717, 1.165) is 29.5 Å². The Morgan fingerprint density at radius 2 is 1.95 bits per heavy atom. The maximum Gasteiger partial charge on any atom is 0.162 e. The number of benzene rings is 1. The molecule has 1 aromatic rings. The Morgan fingerprint density at radius 3 is 2.55 bits per heavy atom. The van der Waals surface area contributed by atoms with E-state index in [-0.39, 0.29) is 12.4 Å². The van der Waals surface area contributed by atoms with Gasteiger partial charge in [0.1, 0.15) is 0 Å².